The van der Waals surface area contributed by atoms with E-state index >= 15 is 0 Å². The summed E-state index contributed by atoms with van der Waals surface area (Å²) < 4.78 is 12.5. The van der Waals surface area contributed by atoms with Crippen LogP contribution in [-0.4, -0.2) is 11.1 Å². The molecule has 0 fully saturated rings. The molecule has 1 unspecified atom stereocenters. The van der Waals surface area contributed by atoms with Crippen LogP contribution in [0.3, 0.4) is 0 Å². The summed E-state index contributed by atoms with van der Waals surface area (Å²) in [4.78, 5) is 2.18. The highest BCUT2D eigenvalue weighted by atomic mass is 16.3. The Hall–Kier alpha value is -5.48. The third-order valence-corrected chi connectivity index (χ3v) is 8.26. The average molecular weight is 529 g/mol. The number of nitrogens with zero attached hydrogens (tertiary/aromatic N) is 1. The zero-order valence-electron chi connectivity index (χ0n) is 22.0. The summed E-state index contributed by atoms with van der Waals surface area (Å²) in [6.07, 6.45) is 10.7. The minimum Gasteiger partial charge on any atom is -0.456 e. The van der Waals surface area contributed by atoms with E-state index in [0.717, 1.165) is 55.1 Å². The third-order valence-electron chi connectivity index (χ3n) is 8.26. The normalized spacial score (nSPS) is 16.1. The van der Waals surface area contributed by atoms with Crippen LogP contribution in [0.25, 0.3) is 71.8 Å². The van der Waals surface area contributed by atoms with Gasteiger partial charge in [0.1, 0.15) is 28.5 Å². The van der Waals surface area contributed by atoms with Crippen molar-refractivity contribution in [2.24, 2.45) is 0 Å². The van der Waals surface area contributed by atoms with Crippen LogP contribution in [0, 0.1) is 0 Å². The second kappa shape index (κ2) is 8.51. The van der Waals surface area contributed by atoms with E-state index in [0.29, 0.717) is 0 Å². The minimum atomic E-state index is 0.190. The molecule has 4 heterocycles. The summed E-state index contributed by atoms with van der Waals surface area (Å²) in [6, 6.07) is 36.3. The molecule has 9 rings (SSSR count). The monoisotopic (exact) mass is 528 g/mol. The van der Waals surface area contributed by atoms with Gasteiger partial charge in [-0.3, -0.25) is 0 Å². The highest BCUT2D eigenvalue weighted by Gasteiger charge is 2.22. The molecule has 194 valence electrons. The molecular weight excluding hydrogens is 504 g/mol. The maximum Gasteiger partial charge on any atom is 0.139 e. The summed E-state index contributed by atoms with van der Waals surface area (Å²) in [5.41, 5.74) is 10.4. The largest absolute Gasteiger partial charge is 0.456 e. The number of allylic oxidation sites excluding steroid dienone is 2. The first-order valence-corrected chi connectivity index (χ1v) is 13.9. The molecule has 5 aromatic carbocycles. The summed E-state index contributed by atoms with van der Waals surface area (Å²) in [7, 11) is 0. The SMILES string of the molecule is C1=CC2NC(c3ccc(-c4ccc5oc6cc7oc8ccc(-c9ccccc9)cc8c7cc6c5c4)cc3)=CN2C=C1. The molecule has 1 N–H and O–H groups in total. The molecule has 0 saturated heterocycles. The van der Waals surface area contributed by atoms with Crippen molar-refractivity contribution >= 4 is 49.6 Å². The van der Waals surface area contributed by atoms with Crippen molar-refractivity contribution in [3.05, 3.63) is 139 Å². The fourth-order valence-corrected chi connectivity index (χ4v) is 6.14. The van der Waals surface area contributed by atoms with Crippen LogP contribution in [-0.2, 0) is 0 Å². The van der Waals surface area contributed by atoms with E-state index in [-0.39, 0.29) is 6.17 Å². The Morgan fingerprint density at radius 2 is 1.10 bits per heavy atom. The van der Waals surface area contributed by atoms with Crippen LogP contribution >= 0.6 is 0 Å². The molecule has 0 spiro atoms. The third kappa shape index (κ3) is 3.54. The Balaban J connectivity index is 1.12. The van der Waals surface area contributed by atoms with Crippen molar-refractivity contribution in [2.75, 3.05) is 0 Å². The van der Waals surface area contributed by atoms with Crippen molar-refractivity contribution < 1.29 is 8.83 Å². The Labute approximate surface area is 236 Å². The topological polar surface area (TPSA) is 41.6 Å². The highest BCUT2D eigenvalue weighted by molar-refractivity contribution is 6.16. The fraction of sp³-hybridized carbons (Fsp3) is 0.0270. The molecule has 2 aliphatic rings. The lowest BCUT2D eigenvalue weighted by molar-refractivity contribution is 0.427. The van der Waals surface area contributed by atoms with E-state index in [9.17, 15) is 0 Å². The van der Waals surface area contributed by atoms with Gasteiger partial charge in [-0.1, -0.05) is 72.8 Å². The molecular formula is C37H24N2O2. The van der Waals surface area contributed by atoms with Gasteiger partial charge >= 0.3 is 0 Å². The maximum atomic E-state index is 6.28. The number of hydrogen-bond donors (Lipinski definition) is 1. The summed E-state index contributed by atoms with van der Waals surface area (Å²) >= 11 is 0. The molecule has 0 saturated carbocycles. The minimum absolute atomic E-state index is 0.190. The van der Waals surface area contributed by atoms with E-state index in [2.05, 4.69) is 132 Å². The number of furan rings is 2. The second-order valence-corrected chi connectivity index (χ2v) is 10.7. The van der Waals surface area contributed by atoms with Gasteiger partial charge in [0.15, 0.2) is 0 Å². The van der Waals surface area contributed by atoms with Crippen LogP contribution in [0.2, 0.25) is 0 Å². The number of nitrogens with one attached hydrogen (secondary N) is 1. The molecule has 7 aromatic rings. The van der Waals surface area contributed by atoms with Gasteiger partial charge < -0.3 is 19.1 Å². The van der Waals surface area contributed by atoms with E-state index < -0.39 is 0 Å². The van der Waals surface area contributed by atoms with Gasteiger partial charge in [-0.05, 0) is 70.3 Å². The smallest absolute Gasteiger partial charge is 0.139 e. The number of rotatable bonds is 3. The van der Waals surface area contributed by atoms with Crippen LogP contribution in [0.1, 0.15) is 5.56 Å². The first-order valence-electron chi connectivity index (χ1n) is 13.9. The molecule has 0 aliphatic carbocycles. The maximum absolute atomic E-state index is 6.28. The highest BCUT2D eigenvalue weighted by Crippen LogP contribution is 2.39. The van der Waals surface area contributed by atoms with Gasteiger partial charge in [0, 0.05) is 40.0 Å². The molecule has 4 nitrogen and oxygen atoms in total. The number of fused-ring (bicyclic) bond motifs is 7. The van der Waals surface area contributed by atoms with Gasteiger partial charge in [-0.25, -0.2) is 0 Å². The molecule has 2 aliphatic heterocycles. The van der Waals surface area contributed by atoms with Crippen molar-refractivity contribution in [1.29, 1.82) is 0 Å². The molecule has 41 heavy (non-hydrogen) atoms. The fourth-order valence-electron chi connectivity index (χ4n) is 6.14. The van der Waals surface area contributed by atoms with Gasteiger partial charge in [-0.15, -0.1) is 0 Å². The lowest BCUT2D eigenvalue weighted by Gasteiger charge is -2.20. The Morgan fingerprint density at radius 1 is 0.512 bits per heavy atom. The molecule has 0 bridgehead atoms. The van der Waals surface area contributed by atoms with Gasteiger partial charge in [0.25, 0.3) is 0 Å². The van der Waals surface area contributed by atoms with Gasteiger partial charge in [0.05, 0.1) is 5.70 Å². The summed E-state index contributed by atoms with van der Waals surface area (Å²) in [5, 5.41) is 7.98. The summed E-state index contributed by atoms with van der Waals surface area (Å²) in [5.74, 6) is 0. The molecule has 0 amide bonds. The second-order valence-electron chi connectivity index (χ2n) is 10.7. The van der Waals surface area contributed by atoms with Crippen molar-refractivity contribution in [1.82, 2.24) is 10.2 Å². The molecule has 0 radical (unpaired) electrons. The number of benzene rings is 5. The van der Waals surface area contributed by atoms with E-state index in [1.54, 1.807) is 0 Å². The molecule has 1 atom stereocenters. The van der Waals surface area contributed by atoms with Crippen LogP contribution in [0.5, 0.6) is 0 Å². The first kappa shape index (κ1) is 22.3. The Morgan fingerprint density at radius 3 is 1.76 bits per heavy atom. The van der Waals surface area contributed by atoms with Crippen LogP contribution < -0.4 is 5.32 Å². The van der Waals surface area contributed by atoms with Gasteiger partial charge in [-0.2, -0.15) is 0 Å². The zero-order valence-corrected chi connectivity index (χ0v) is 22.0. The van der Waals surface area contributed by atoms with Gasteiger partial charge in [0.2, 0.25) is 0 Å². The lowest BCUT2D eigenvalue weighted by Crippen LogP contribution is -2.31. The standard InChI is InChI=1S/C37H24N2O2/c1-2-6-23(7-3-1)26-13-15-33-28(18-26)30-20-31-29-19-27(14-16-34(29)41-36(31)21-35(30)40-33)24-9-11-25(12-10-24)32-22-39-17-5-4-8-37(39)38-32/h1-22,37-38H. The Kier molecular flexibility index (Phi) is 4.64. The molecule has 2 aromatic heterocycles. The van der Waals surface area contributed by atoms with Crippen molar-refractivity contribution in [2.45, 2.75) is 6.17 Å². The first-order chi connectivity index (χ1) is 20.3. The van der Waals surface area contributed by atoms with E-state index in [1.165, 1.54) is 22.3 Å². The van der Waals surface area contributed by atoms with Crippen molar-refractivity contribution in [3.63, 3.8) is 0 Å². The predicted molar refractivity (Wildman–Crippen MR) is 167 cm³/mol. The van der Waals surface area contributed by atoms with Crippen molar-refractivity contribution in [3.8, 4) is 22.3 Å². The quantitative estimate of drug-likeness (QED) is 0.248. The van der Waals surface area contributed by atoms with Crippen LogP contribution in [0.4, 0.5) is 0 Å². The average Bonchev–Trinajstić information content (AvgIpc) is 3.72. The van der Waals surface area contributed by atoms with E-state index in [4.69, 9.17) is 8.83 Å². The lowest BCUT2D eigenvalue weighted by atomic mass is 10.00. The molecule has 4 heteroatoms. The van der Waals surface area contributed by atoms with Crippen LogP contribution in [0.15, 0.2) is 143 Å². The van der Waals surface area contributed by atoms with E-state index in [1.807, 2.05) is 12.1 Å². The number of hydrogen-bond acceptors (Lipinski definition) is 4. The zero-order chi connectivity index (χ0) is 26.9. The predicted octanol–water partition coefficient (Wildman–Crippen LogP) is 9.43. The summed E-state index contributed by atoms with van der Waals surface area (Å²) in [6.45, 7) is 0. The Bertz CT molecular complexity index is 2230.